The van der Waals surface area contributed by atoms with Crippen LogP contribution < -0.4 is 5.32 Å². The molecule has 0 bridgehead atoms. The summed E-state index contributed by atoms with van der Waals surface area (Å²) in [6, 6.07) is 9.19. The number of hydrogen-bond acceptors (Lipinski definition) is 2. The molecule has 0 saturated heterocycles. The maximum Gasteiger partial charge on any atom is 0.123 e. The Hall–Kier alpha value is -0.230. The molecule has 102 valence electrons. The summed E-state index contributed by atoms with van der Waals surface area (Å²) in [5.41, 5.74) is 0.982. The van der Waals surface area contributed by atoms with Crippen molar-refractivity contribution in [3.8, 4) is 0 Å². The smallest absolute Gasteiger partial charge is 0.123 e. The molecule has 0 aliphatic heterocycles. The van der Waals surface area contributed by atoms with Crippen LogP contribution in [0.25, 0.3) is 0 Å². The first kappa shape index (κ1) is 15.2. The van der Waals surface area contributed by atoms with Gasteiger partial charge in [0.15, 0.2) is 0 Å². The van der Waals surface area contributed by atoms with Crippen LogP contribution in [0.1, 0.15) is 23.4 Å². The van der Waals surface area contributed by atoms with Gasteiger partial charge in [-0.25, -0.2) is 4.39 Å². The van der Waals surface area contributed by atoms with Crippen LogP contribution >= 0.6 is 43.2 Å². The molecule has 5 heteroatoms. The molecule has 0 aliphatic rings. The summed E-state index contributed by atoms with van der Waals surface area (Å²) in [6.45, 7) is 2.96. The third-order valence-electron chi connectivity index (χ3n) is 2.82. The number of benzene rings is 1. The van der Waals surface area contributed by atoms with E-state index in [4.69, 9.17) is 0 Å². The molecule has 1 heterocycles. The van der Waals surface area contributed by atoms with Crippen molar-refractivity contribution in [1.29, 1.82) is 0 Å². The molecular formula is C14H14Br2FNS. The molecular weight excluding hydrogens is 393 g/mol. The standard InChI is InChI=1S/C14H14Br2FNS/c1-2-18-12(13-5-6-14(16)19-13)8-9-7-10(17)3-4-11(9)15/h3-7,12,18H,2,8H2,1H3. The second kappa shape index (κ2) is 6.97. The van der Waals surface area contributed by atoms with Gasteiger partial charge < -0.3 is 5.32 Å². The molecule has 1 unspecified atom stereocenters. The van der Waals surface area contributed by atoms with Gasteiger partial charge in [0, 0.05) is 15.4 Å². The molecule has 1 aromatic carbocycles. The fourth-order valence-corrected chi connectivity index (χ4v) is 3.86. The Balaban J connectivity index is 2.23. The highest BCUT2D eigenvalue weighted by Gasteiger charge is 2.15. The maximum atomic E-state index is 13.3. The highest BCUT2D eigenvalue weighted by atomic mass is 79.9. The van der Waals surface area contributed by atoms with Gasteiger partial charge >= 0.3 is 0 Å². The molecule has 2 aromatic rings. The minimum Gasteiger partial charge on any atom is -0.309 e. The van der Waals surface area contributed by atoms with E-state index in [1.165, 1.54) is 10.9 Å². The summed E-state index contributed by atoms with van der Waals surface area (Å²) >= 11 is 8.68. The van der Waals surface area contributed by atoms with Crippen LogP contribution in [0, 0.1) is 5.82 Å². The van der Waals surface area contributed by atoms with Crippen molar-refractivity contribution in [1.82, 2.24) is 5.32 Å². The van der Waals surface area contributed by atoms with Crippen LogP contribution in [0.3, 0.4) is 0 Å². The van der Waals surface area contributed by atoms with Crippen molar-refractivity contribution < 1.29 is 4.39 Å². The molecule has 0 fully saturated rings. The van der Waals surface area contributed by atoms with Crippen molar-refractivity contribution in [2.24, 2.45) is 0 Å². The predicted octanol–water partition coefficient (Wildman–Crippen LogP) is 5.31. The highest BCUT2D eigenvalue weighted by Crippen LogP contribution is 2.31. The third kappa shape index (κ3) is 4.12. The second-order valence-corrected chi connectivity index (χ2v) is 7.54. The lowest BCUT2D eigenvalue weighted by Crippen LogP contribution is -2.22. The van der Waals surface area contributed by atoms with Gasteiger partial charge in [0.1, 0.15) is 5.82 Å². The van der Waals surface area contributed by atoms with E-state index in [0.717, 1.165) is 26.8 Å². The minimum absolute atomic E-state index is 0.194. The van der Waals surface area contributed by atoms with Gasteiger partial charge in [-0.2, -0.15) is 0 Å². The van der Waals surface area contributed by atoms with Gasteiger partial charge in [-0.05, 0) is 64.8 Å². The first-order valence-corrected chi connectivity index (χ1v) is 8.43. The fraction of sp³-hybridized carbons (Fsp3) is 0.286. The number of nitrogens with one attached hydrogen (secondary N) is 1. The normalized spacial score (nSPS) is 12.6. The largest absolute Gasteiger partial charge is 0.309 e. The van der Waals surface area contributed by atoms with Crippen molar-refractivity contribution in [3.63, 3.8) is 0 Å². The Morgan fingerprint density at radius 2 is 2.05 bits per heavy atom. The number of rotatable bonds is 5. The Morgan fingerprint density at radius 1 is 1.26 bits per heavy atom. The van der Waals surface area contributed by atoms with E-state index in [1.807, 2.05) is 6.07 Å². The summed E-state index contributed by atoms with van der Waals surface area (Å²) in [6.07, 6.45) is 0.763. The number of hydrogen-bond donors (Lipinski definition) is 1. The van der Waals surface area contributed by atoms with E-state index in [1.54, 1.807) is 23.5 Å². The van der Waals surface area contributed by atoms with Crippen LogP contribution in [0.2, 0.25) is 0 Å². The molecule has 1 atom stereocenters. The van der Waals surface area contributed by atoms with E-state index in [2.05, 4.69) is 50.2 Å². The zero-order valence-corrected chi connectivity index (χ0v) is 14.4. The quantitative estimate of drug-likeness (QED) is 0.709. The SMILES string of the molecule is CCNC(Cc1cc(F)ccc1Br)c1ccc(Br)s1. The lowest BCUT2D eigenvalue weighted by atomic mass is 10.0. The van der Waals surface area contributed by atoms with Crippen LogP contribution in [-0.4, -0.2) is 6.54 Å². The number of likely N-dealkylation sites (N-methyl/N-ethyl adjacent to an activating group) is 1. The second-order valence-electron chi connectivity index (χ2n) is 4.19. The molecule has 2 rings (SSSR count). The summed E-state index contributed by atoms with van der Waals surface area (Å²) in [4.78, 5) is 1.25. The predicted molar refractivity (Wildman–Crippen MR) is 86.2 cm³/mol. The van der Waals surface area contributed by atoms with E-state index in [9.17, 15) is 4.39 Å². The Labute approximate surface area is 133 Å². The highest BCUT2D eigenvalue weighted by molar-refractivity contribution is 9.11. The first-order chi connectivity index (χ1) is 9.10. The van der Waals surface area contributed by atoms with Gasteiger partial charge in [0.2, 0.25) is 0 Å². The van der Waals surface area contributed by atoms with Gasteiger partial charge in [-0.3, -0.25) is 0 Å². The van der Waals surface area contributed by atoms with Gasteiger partial charge in [0.05, 0.1) is 3.79 Å². The zero-order chi connectivity index (χ0) is 13.8. The minimum atomic E-state index is -0.194. The topological polar surface area (TPSA) is 12.0 Å². The van der Waals surface area contributed by atoms with Crippen molar-refractivity contribution in [2.75, 3.05) is 6.54 Å². The van der Waals surface area contributed by atoms with Crippen molar-refractivity contribution >= 4 is 43.2 Å². The maximum absolute atomic E-state index is 13.3. The van der Waals surface area contributed by atoms with Crippen molar-refractivity contribution in [3.05, 3.63) is 54.8 Å². The Bertz CT molecular complexity index is 556. The molecule has 1 aromatic heterocycles. The third-order valence-corrected chi connectivity index (χ3v) is 5.33. The number of thiophene rings is 1. The molecule has 0 radical (unpaired) electrons. The lowest BCUT2D eigenvalue weighted by Gasteiger charge is -2.17. The van der Waals surface area contributed by atoms with Gasteiger partial charge in [-0.1, -0.05) is 22.9 Å². The zero-order valence-electron chi connectivity index (χ0n) is 10.4. The molecule has 1 N–H and O–H groups in total. The summed E-state index contributed by atoms with van der Waals surface area (Å²) < 4.78 is 15.4. The fourth-order valence-electron chi connectivity index (χ4n) is 1.95. The first-order valence-electron chi connectivity index (χ1n) is 6.02. The molecule has 19 heavy (non-hydrogen) atoms. The average molecular weight is 407 g/mol. The Morgan fingerprint density at radius 3 is 2.68 bits per heavy atom. The lowest BCUT2D eigenvalue weighted by molar-refractivity contribution is 0.553. The number of halogens is 3. The summed E-state index contributed by atoms with van der Waals surface area (Å²) in [5, 5.41) is 3.45. The van der Waals surface area contributed by atoms with Crippen LogP contribution in [0.15, 0.2) is 38.6 Å². The van der Waals surface area contributed by atoms with E-state index >= 15 is 0 Å². The molecule has 0 saturated carbocycles. The van der Waals surface area contributed by atoms with Crippen molar-refractivity contribution in [2.45, 2.75) is 19.4 Å². The van der Waals surface area contributed by atoms with Crippen LogP contribution in [0.4, 0.5) is 4.39 Å². The summed E-state index contributed by atoms with van der Waals surface area (Å²) in [5.74, 6) is -0.194. The molecule has 1 nitrogen and oxygen atoms in total. The van der Waals surface area contributed by atoms with E-state index in [0.29, 0.717) is 0 Å². The van der Waals surface area contributed by atoms with E-state index in [-0.39, 0.29) is 11.9 Å². The molecule has 0 spiro atoms. The Kier molecular flexibility index (Phi) is 5.57. The van der Waals surface area contributed by atoms with Gasteiger partial charge in [-0.15, -0.1) is 11.3 Å². The average Bonchev–Trinajstić information content (AvgIpc) is 2.80. The van der Waals surface area contributed by atoms with Gasteiger partial charge in [0.25, 0.3) is 0 Å². The molecule has 0 aliphatic carbocycles. The van der Waals surface area contributed by atoms with Crippen LogP contribution in [-0.2, 0) is 6.42 Å². The monoisotopic (exact) mass is 405 g/mol. The van der Waals surface area contributed by atoms with E-state index < -0.39 is 0 Å². The molecule has 0 amide bonds. The summed E-state index contributed by atoms with van der Waals surface area (Å²) in [7, 11) is 0. The van der Waals surface area contributed by atoms with Crippen LogP contribution in [0.5, 0.6) is 0 Å².